The molecule has 172 valence electrons. The van der Waals surface area contributed by atoms with Crippen molar-refractivity contribution in [2.75, 3.05) is 17.5 Å². The van der Waals surface area contributed by atoms with E-state index in [4.69, 9.17) is 4.74 Å². The van der Waals surface area contributed by atoms with Gasteiger partial charge in [-0.15, -0.1) is 0 Å². The molecular weight excluding hydrogens is 436 g/mol. The molecule has 0 N–H and O–H groups in total. The second kappa shape index (κ2) is 9.77. The maximum atomic E-state index is 13.9. The first kappa shape index (κ1) is 23.0. The maximum absolute atomic E-state index is 13.9. The number of rotatable bonds is 8. The SMILES string of the molecule is CCOc1ccc(S(=O)(=O)N(c2ccc(C)cc2)C(C=O)N2CCc3ccccc3C2)cc1. The van der Waals surface area contributed by atoms with Crippen molar-refractivity contribution >= 4 is 22.0 Å². The van der Waals surface area contributed by atoms with Gasteiger partial charge >= 0.3 is 0 Å². The summed E-state index contributed by atoms with van der Waals surface area (Å²) < 4.78 is 34.4. The molecule has 0 saturated heterocycles. The number of sulfonamides is 1. The van der Waals surface area contributed by atoms with Crippen LogP contribution in [0.15, 0.2) is 77.7 Å². The third kappa shape index (κ3) is 4.79. The van der Waals surface area contributed by atoms with E-state index in [1.807, 2.05) is 49.1 Å². The summed E-state index contributed by atoms with van der Waals surface area (Å²) in [6, 6.07) is 21.6. The van der Waals surface area contributed by atoms with Crippen LogP contribution in [-0.2, 0) is 27.8 Å². The molecule has 1 atom stereocenters. The van der Waals surface area contributed by atoms with Crippen molar-refractivity contribution in [1.82, 2.24) is 4.90 Å². The second-order valence-electron chi connectivity index (χ2n) is 8.08. The molecule has 33 heavy (non-hydrogen) atoms. The number of ether oxygens (including phenoxy) is 1. The number of benzene rings is 3. The van der Waals surface area contributed by atoms with Gasteiger partial charge in [0.1, 0.15) is 5.75 Å². The summed E-state index contributed by atoms with van der Waals surface area (Å²) in [5.74, 6) is 0.595. The topological polar surface area (TPSA) is 66.9 Å². The third-order valence-corrected chi connectivity index (χ3v) is 7.69. The van der Waals surface area contributed by atoms with Gasteiger partial charge < -0.3 is 4.74 Å². The normalized spacial score (nSPS) is 14.8. The van der Waals surface area contributed by atoms with E-state index in [-0.39, 0.29) is 4.90 Å². The largest absolute Gasteiger partial charge is 0.494 e. The molecule has 0 saturated carbocycles. The van der Waals surface area contributed by atoms with Crippen molar-refractivity contribution in [3.8, 4) is 5.75 Å². The van der Waals surface area contributed by atoms with E-state index in [1.54, 1.807) is 24.3 Å². The molecule has 3 aromatic carbocycles. The van der Waals surface area contributed by atoms with Crippen LogP contribution in [0, 0.1) is 6.92 Å². The molecule has 0 radical (unpaired) electrons. The van der Waals surface area contributed by atoms with Crippen LogP contribution < -0.4 is 9.04 Å². The number of fused-ring (bicyclic) bond motifs is 1. The number of hydrogen-bond donors (Lipinski definition) is 0. The first-order chi connectivity index (χ1) is 15.9. The Balaban J connectivity index is 1.75. The average Bonchev–Trinajstić information content (AvgIpc) is 2.83. The van der Waals surface area contributed by atoms with E-state index in [0.717, 1.165) is 23.8 Å². The quantitative estimate of drug-likeness (QED) is 0.468. The zero-order chi connectivity index (χ0) is 23.4. The van der Waals surface area contributed by atoms with E-state index >= 15 is 0 Å². The molecule has 0 spiro atoms. The van der Waals surface area contributed by atoms with Crippen LogP contribution in [0.4, 0.5) is 5.69 Å². The van der Waals surface area contributed by atoms with Crippen molar-refractivity contribution in [2.24, 2.45) is 0 Å². The minimum atomic E-state index is -4.03. The highest BCUT2D eigenvalue weighted by molar-refractivity contribution is 7.92. The van der Waals surface area contributed by atoms with Gasteiger partial charge in [-0.3, -0.25) is 9.69 Å². The maximum Gasteiger partial charge on any atom is 0.266 e. The van der Waals surface area contributed by atoms with E-state index in [0.29, 0.717) is 31.1 Å². The molecule has 0 aromatic heterocycles. The summed E-state index contributed by atoms with van der Waals surface area (Å²) in [4.78, 5) is 14.5. The molecule has 0 bridgehead atoms. The Labute approximate surface area is 195 Å². The van der Waals surface area contributed by atoms with Crippen LogP contribution in [0.2, 0.25) is 0 Å². The van der Waals surface area contributed by atoms with Gasteiger partial charge in [-0.05, 0) is 67.8 Å². The van der Waals surface area contributed by atoms with Crippen molar-refractivity contribution in [3.05, 3.63) is 89.5 Å². The summed E-state index contributed by atoms with van der Waals surface area (Å²) in [6.07, 6.45) is 0.503. The van der Waals surface area contributed by atoms with Gasteiger partial charge in [0.25, 0.3) is 10.0 Å². The fourth-order valence-electron chi connectivity index (χ4n) is 4.15. The molecule has 1 unspecified atom stereocenters. The van der Waals surface area contributed by atoms with E-state index < -0.39 is 16.2 Å². The average molecular weight is 465 g/mol. The van der Waals surface area contributed by atoms with E-state index in [1.165, 1.54) is 22.0 Å². The van der Waals surface area contributed by atoms with Gasteiger partial charge in [0.15, 0.2) is 12.5 Å². The molecule has 4 rings (SSSR count). The standard InChI is InChI=1S/C26H28N2O4S/c1-3-32-24-12-14-25(15-13-24)33(30,31)28(23-10-8-20(2)9-11-23)26(19-29)27-17-16-21-6-4-5-7-22(21)18-27/h4-15,19,26H,3,16-18H2,1-2H3. The fourth-order valence-corrected chi connectivity index (χ4v) is 5.72. The van der Waals surface area contributed by atoms with Gasteiger partial charge in [-0.25, -0.2) is 12.7 Å². The lowest BCUT2D eigenvalue weighted by Gasteiger charge is -2.39. The van der Waals surface area contributed by atoms with E-state index in [2.05, 4.69) is 6.07 Å². The summed E-state index contributed by atoms with van der Waals surface area (Å²) in [6.45, 7) is 5.39. The first-order valence-electron chi connectivity index (χ1n) is 11.0. The molecule has 6 nitrogen and oxygen atoms in total. The van der Waals surface area contributed by atoms with Crippen LogP contribution in [0.25, 0.3) is 0 Å². The van der Waals surface area contributed by atoms with Crippen LogP contribution in [0.3, 0.4) is 0 Å². The molecule has 0 aliphatic carbocycles. The number of carbonyl (C=O) groups is 1. The van der Waals surface area contributed by atoms with Crippen molar-refractivity contribution in [2.45, 2.75) is 37.9 Å². The fraction of sp³-hybridized carbons (Fsp3) is 0.269. The van der Waals surface area contributed by atoms with Gasteiger partial charge in [-0.1, -0.05) is 42.0 Å². The second-order valence-corrected chi connectivity index (χ2v) is 9.89. The van der Waals surface area contributed by atoms with Crippen molar-refractivity contribution < 1.29 is 17.9 Å². The van der Waals surface area contributed by atoms with Gasteiger partial charge in [0.05, 0.1) is 17.2 Å². The Morgan fingerprint density at radius 1 is 1.00 bits per heavy atom. The van der Waals surface area contributed by atoms with Crippen LogP contribution in [-0.4, -0.2) is 38.9 Å². The lowest BCUT2D eigenvalue weighted by molar-refractivity contribution is -0.112. The van der Waals surface area contributed by atoms with Crippen LogP contribution in [0.1, 0.15) is 23.6 Å². The zero-order valence-electron chi connectivity index (χ0n) is 18.8. The Kier molecular flexibility index (Phi) is 6.81. The smallest absolute Gasteiger partial charge is 0.266 e. The van der Waals surface area contributed by atoms with Gasteiger partial charge in [-0.2, -0.15) is 0 Å². The highest BCUT2D eigenvalue weighted by Gasteiger charge is 2.36. The summed E-state index contributed by atoms with van der Waals surface area (Å²) in [5.41, 5.74) is 3.80. The Bertz CT molecular complexity index is 1210. The lowest BCUT2D eigenvalue weighted by Crippen LogP contribution is -2.53. The molecule has 1 aliphatic heterocycles. The monoisotopic (exact) mass is 464 g/mol. The lowest BCUT2D eigenvalue weighted by atomic mass is 9.99. The number of nitrogens with zero attached hydrogens (tertiary/aromatic N) is 2. The van der Waals surface area contributed by atoms with Gasteiger partial charge in [0, 0.05) is 13.1 Å². The number of hydrogen-bond acceptors (Lipinski definition) is 5. The first-order valence-corrected chi connectivity index (χ1v) is 12.5. The molecule has 1 aliphatic rings. The Morgan fingerprint density at radius 2 is 1.67 bits per heavy atom. The Morgan fingerprint density at radius 3 is 2.30 bits per heavy atom. The molecule has 0 fully saturated rings. The van der Waals surface area contributed by atoms with E-state index in [9.17, 15) is 13.2 Å². The number of aldehydes is 1. The highest BCUT2D eigenvalue weighted by Crippen LogP contribution is 2.30. The minimum Gasteiger partial charge on any atom is -0.494 e. The predicted octanol–water partition coefficient (Wildman–Crippen LogP) is 4.17. The highest BCUT2D eigenvalue weighted by atomic mass is 32.2. The minimum absolute atomic E-state index is 0.107. The molecule has 7 heteroatoms. The Hall–Kier alpha value is -3.16. The molecular formula is C26H28N2O4S. The van der Waals surface area contributed by atoms with Crippen molar-refractivity contribution in [3.63, 3.8) is 0 Å². The number of aryl methyl sites for hydroxylation is 1. The number of carbonyl (C=O) groups excluding carboxylic acids is 1. The molecule has 3 aromatic rings. The van der Waals surface area contributed by atoms with Crippen LogP contribution in [0.5, 0.6) is 5.75 Å². The summed E-state index contributed by atoms with van der Waals surface area (Å²) >= 11 is 0. The van der Waals surface area contributed by atoms with Gasteiger partial charge in [0.2, 0.25) is 0 Å². The molecule has 1 heterocycles. The summed E-state index contributed by atoms with van der Waals surface area (Å²) in [5, 5.41) is 0. The predicted molar refractivity (Wildman–Crippen MR) is 129 cm³/mol. The number of anilines is 1. The summed E-state index contributed by atoms with van der Waals surface area (Å²) in [7, 11) is -4.03. The zero-order valence-corrected chi connectivity index (χ0v) is 19.7. The van der Waals surface area contributed by atoms with Crippen molar-refractivity contribution in [1.29, 1.82) is 0 Å². The molecule has 0 amide bonds. The van der Waals surface area contributed by atoms with Crippen LogP contribution >= 0.6 is 0 Å². The third-order valence-electron chi connectivity index (χ3n) is 5.88.